The standard InChI is InChI=1S/C25H29N5O7S3/c1-12-28-29-24(40-12)39-11-15-10-38-21-17(20(33)30(21)18(15)22(34)35)26-19(32)16(27-23(36)37-25(2,3)4)14-7-5-13(9-31)6-8-14/h5-8,16-17,21,31H,9-11H2,1-4H3,(H,26,32)(H,27,36)(H,34,35)/t16?,17-,21+/m1/s1. The predicted molar refractivity (Wildman–Crippen MR) is 150 cm³/mol. The summed E-state index contributed by atoms with van der Waals surface area (Å²) in [5.41, 5.74) is 0.721. The van der Waals surface area contributed by atoms with E-state index < -0.39 is 46.9 Å². The zero-order chi connectivity index (χ0) is 29.2. The first-order valence-electron chi connectivity index (χ1n) is 12.2. The van der Waals surface area contributed by atoms with E-state index in [-0.39, 0.29) is 12.3 Å². The Bertz CT molecular complexity index is 1340. The maximum atomic E-state index is 13.4. The van der Waals surface area contributed by atoms with Gasteiger partial charge < -0.3 is 25.6 Å². The van der Waals surface area contributed by atoms with Crippen molar-refractivity contribution in [2.75, 3.05) is 11.5 Å². The molecule has 1 unspecified atom stereocenters. The lowest BCUT2D eigenvalue weighted by molar-refractivity contribution is -0.151. The van der Waals surface area contributed by atoms with Crippen LogP contribution in [0.5, 0.6) is 0 Å². The van der Waals surface area contributed by atoms with E-state index in [4.69, 9.17) is 4.74 Å². The number of fused-ring (bicyclic) bond motifs is 1. The number of carbonyl (C=O) groups is 4. The van der Waals surface area contributed by atoms with E-state index in [1.165, 1.54) is 39.8 Å². The average Bonchev–Trinajstić information content (AvgIpc) is 3.32. The van der Waals surface area contributed by atoms with Gasteiger partial charge in [-0.25, -0.2) is 9.59 Å². The van der Waals surface area contributed by atoms with Crippen molar-refractivity contribution in [3.63, 3.8) is 0 Å². The molecular weight excluding hydrogens is 579 g/mol. The Morgan fingerprint density at radius 1 is 1.23 bits per heavy atom. The van der Waals surface area contributed by atoms with Crippen LogP contribution in [0.3, 0.4) is 0 Å². The van der Waals surface area contributed by atoms with Crippen LogP contribution in [0.2, 0.25) is 0 Å². The van der Waals surface area contributed by atoms with Crippen molar-refractivity contribution < 1.29 is 34.1 Å². The van der Waals surface area contributed by atoms with E-state index in [0.717, 1.165) is 5.01 Å². The number of ether oxygens (including phenoxy) is 1. The first-order chi connectivity index (χ1) is 18.9. The molecule has 0 saturated carbocycles. The van der Waals surface area contributed by atoms with Crippen molar-refractivity contribution in [1.82, 2.24) is 25.7 Å². The zero-order valence-corrected chi connectivity index (χ0v) is 24.6. The van der Waals surface area contributed by atoms with Crippen molar-refractivity contribution >= 4 is 58.7 Å². The number of aromatic nitrogens is 2. The highest BCUT2D eigenvalue weighted by Gasteiger charge is 2.54. The van der Waals surface area contributed by atoms with Crippen molar-refractivity contribution in [2.24, 2.45) is 0 Å². The van der Waals surface area contributed by atoms with Crippen LogP contribution in [-0.2, 0) is 25.7 Å². The summed E-state index contributed by atoms with van der Waals surface area (Å²) >= 11 is 4.11. The molecule has 2 aliphatic rings. The Hall–Kier alpha value is -3.14. The van der Waals surface area contributed by atoms with E-state index in [1.54, 1.807) is 45.0 Å². The number of aryl methyl sites for hydroxylation is 1. The molecule has 15 heteroatoms. The Morgan fingerprint density at radius 3 is 2.50 bits per heavy atom. The van der Waals surface area contributed by atoms with E-state index in [2.05, 4.69) is 20.8 Å². The third-order valence-electron chi connectivity index (χ3n) is 5.84. The summed E-state index contributed by atoms with van der Waals surface area (Å²) in [7, 11) is 0. The number of carbonyl (C=O) groups excluding carboxylic acids is 3. The Labute approximate surface area is 242 Å². The molecule has 3 atom stereocenters. The van der Waals surface area contributed by atoms with Crippen LogP contribution in [0.15, 0.2) is 39.9 Å². The van der Waals surface area contributed by atoms with Gasteiger partial charge in [0.15, 0.2) is 4.34 Å². The molecule has 214 valence electrons. The summed E-state index contributed by atoms with van der Waals surface area (Å²) in [5.74, 6) is -1.74. The molecule has 0 aliphatic carbocycles. The molecule has 1 aromatic heterocycles. The summed E-state index contributed by atoms with van der Waals surface area (Å²) < 4.78 is 6.02. The van der Waals surface area contributed by atoms with Gasteiger partial charge in [-0.2, -0.15) is 0 Å². The topological polar surface area (TPSA) is 171 Å². The summed E-state index contributed by atoms with van der Waals surface area (Å²) in [6, 6.07) is 4.23. The first-order valence-corrected chi connectivity index (χ1v) is 15.1. The number of aliphatic hydroxyl groups excluding tert-OH is 1. The Balaban J connectivity index is 1.50. The van der Waals surface area contributed by atoms with Crippen molar-refractivity contribution in [3.05, 3.63) is 51.7 Å². The van der Waals surface area contributed by atoms with Crippen LogP contribution in [0.4, 0.5) is 4.79 Å². The molecule has 0 spiro atoms. The second kappa shape index (κ2) is 12.2. The third kappa shape index (κ3) is 6.77. The van der Waals surface area contributed by atoms with Gasteiger partial charge in [0.1, 0.15) is 33.8 Å². The Morgan fingerprint density at radius 2 is 1.93 bits per heavy atom. The van der Waals surface area contributed by atoms with Crippen molar-refractivity contribution in [2.45, 2.75) is 61.7 Å². The summed E-state index contributed by atoms with van der Waals surface area (Å²) in [5, 5.41) is 32.7. The van der Waals surface area contributed by atoms with E-state index in [1.807, 2.05) is 6.92 Å². The molecule has 40 heavy (non-hydrogen) atoms. The van der Waals surface area contributed by atoms with Gasteiger partial charge in [0.25, 0.3) is 5.91 Å². The fourth-order valence-electron chi connectivity index (χ4n) is 4.06. The highest BCUT2D eigenvalue weighted by atomic mass is 32.2. The molecule has 1 aromatic carbocycles. The molecule has 12 nitrogen and oxygen atoms in total. The van der Waals surface area contributed by atoms with Gasteiger partial charge >= 0.3 is 12.1 Å². The normalized spacial score (nSPS) is 19.4. The van der Waals surface area contributed by atoms with Gasteiger partial charge in [0.2, 0.25) is 5.91 Å². The van der Waals surface area contributed by atoms with E-state index >= 15 is 0 Å². The molecule has 2 aromatic rings. The summed E-state index contributed by atoms with van der Waals surface area (Å²) in [6.07, 6.45) is -0.823. The van der Waals surface area contributed by atoms with Gasteiger partial charge in [0, 0.05) is 11.5 Å². The average molecular weight is 608 g/mol. The summed E-state index contributed by atoms with van der Waals surface area (Å²) in [4.78, 5) is 52.5. The van der Waals surface area contributed by atoms with Crippen molar-refractivity contribution in [1.29, 1.82) is 0 Å². The molecule has 1 saturated heterocycles. The predicted octanol–water partition coefficient (Wildman–Crippen LogP) is 2.44. The largest absolute Gasteiger partial charge is 0.477 e. The van der Waals surface area contributed by atoms with Crippen LogP contribution in [0.1, 0.15) is 42.9 Å². The highest BCUT2D eigenvalue weighted by molar-refractivity contribution is 8.01. The van der Waals surface area contributed by atoms with Crippen LogP contribution < -0.4 is 10.6 Å². The quantitative estimate of drug-likeness (QED) is 0.244. The number of thioether (sulfide) groups is 2. The number of hydrogen-bond acceptors (Lipinski definition) is 11. The molecule has 1 fully saturated rings. The fourth-order valence-corrected chi connectivity index (χ4v) is 7.36. The van der Waals surface area contributed by atoms with E-state index in [0.29, 0.717) is 32.5 Å². The number of β-lactam (4-membered cyclic amide) rings is 1. The van der Waals surface area contributed by atoms with E-state index in [9.17, 15) is 29.4 Å². The number of aliphatic hydroxyl groups is 1. The lowest BCUT2D eigenvalue weighted by Gasteiger charge is -2.49. The van der Waals surface area contributed by atoms with Crippen LogP contribution >= 0.6 is 34.9 Å². The molecule has 4 N–H and O–H groups in total. The molecule has 3 heterocycles. The van der Waals surface area contributed by atoms with Crippen molar-refractivity contribution in [3.8, 4) is 0 Å². The smallest absolute Gasteiger partial charge is 0.408 e. The molecule has 4 rings (SSSR count). The van der Waals surface area contributed by atoms with Crippen LogP contribution in [0, 0.1) is 6.92 Å². The van der Waals surface area contributed by atoms with Gasteiger partial charge in [-0.15, -0.1) is 22.0 Å². The number of benzene rings is 1. The maximum Gasteiger partial charge on any atom is 0.408 e. The number of nitrogens with zero attached hydrogens (tertiary/aromatic N) is 3. The number of alkyl carbamates (subject to hydrolysis) is 1. The van der Waals surface area contributed by atoms with Gasteiger partial charge in [-0.1, -0.05) is 47.4 Å². The number of nitrogens with one attached hydrogen (secondary N) is 2. The lowest BCUT2D eigenvalue weighted by Crippen LogP contribution is -2.71. The van der Waals surface area contributed by atoms with Gasteiger partial charge in [0.05, 0.1) is 6.61 Å². The molecule has 0 bridgehead atoms. The van der Waals surface area contributed by atoms with Crippen LogP contribution in [-0.4, -0.2) is 77.7 Å². The maximum absolute atomic E-state index is 13.4. The minimum absolute atomic E-state index is 0.0870. The number of hydrogen-bond donors (Lipinski definition) is 4. The highest BCUT2D eigenvalue weighted by Crippen LogP contribution is 2.42. The molecule has 3 amide bonds. The number of carboxylic acids is 1. The minimum atomic E-state index is -1.22. The molecular formula is C25H29N5O7S3. The number of carboxylic acid groups (broad SMARTS) is 1. The third-order valence-corrected chi connectivity index (χ3v) is 9.24. The SMILES string of the molecule is Cc1nnc(SCC2=C(C(=O)O)N3C(=O)[C@@H](NC(=O)C(NC(=O)OC(C)(C)C)c4ccc(CO)cc4)[C@@H]3SC2)s1. The second-order valence-electron chi connectivity index (χ2n) is 10.0. The summed E-state index contributed by atoms with van der Waals surface area (Å²) in [6.45, 7) is 6.70. The van der Waals surface area contributed by atoms with Crippen LogP contribution in [0.25, 0.3) is 0 Å². The zero-order valence-electron chi connectivity index (χ0n) is 22.2. The number of aliphatic carboxylic acids is 1. The fraction of sp³-hybridized carbons (Fsp3) is 0.440. The van der Waals surface area contributed by atoms with Gasteiger partial charge in [-0.05, 0) is 44.4 Å². The lowest BCUT2D eigenvalue weighted by atomic mass is 10.0. The first kappa shape index (κ1) is 29.8. The molecule has 0 radical (unpaired) electrons. The minimum Gasteiger partial charge on any atom is -0.477 e. The molecule has 2 aliphatic heterocycles. The Kier molecular flexibility index (Phi) is 9.07. The van der Waals surface area contributed by atoms with Gasteiger partial charge in [-0.3, -0.25) is 14.5 Å². The number of amides is 3. The second-order valence-corrected chi connectivity index (χ2v) is 13.5. The number of rotatable bonds is 9. The monoisotopic (exact) mass is 607 g/mol.